The van der Waals surface area contributed by atoms with Crippen LogP contribution < -0.4 is 10.1 Å². The number of hydrogen-bond donors (Lipinski definition) is 1. The monoisotopic (exact) mass is 567 g/mol. The first-order valence-corrected chi connectivity index (χ1v) is 13.6. The van der Waals surface area contributed by atoms with Gasteiger partial charge in [-0.05, 0) is 60.6 Å². The van der Waals surface area contributed by atoms with Gasteiger partial charge in [-0.3, -0.25) is 19.4 Å². The summed E-state index contributed by atoms with van der Waals surface area (Å²) in [5.41, 5.74) is 1.18. The summed E-state index contributed by atoms with van der Waals surface area (Å²) in [6, 6.07) is 18.9. The SMILES string of the molecule is COc1ccc(CN2C(=O)C3(SC2=S)C(c2ccc(Cl)cc2)CN(C)C32C(=O)Nc3ccc(F)cc32)cc1. The normalized spacial score (nSPS) is 26.5. The molecule has 3 aliphatic rings. The minimum atomic E-state index is -1.48. The molecule has 3 heterocycles. The van der Waals surface area contributed by atoms with Gasteiger partial charge in [0.1, 0.15) is 20.6 Å². The first-order valence-electron chi connectivity index (χ1n) is 12.0. The number of ether oxygens (including phenoxy) is 1. The van der Waals surface area contributed by atoms with Crippen molar-refractivity contribution in [2.45, 2.75) is 22.7 Å². The topological polar surface area (TPSA) is 61.9 Å². The zero-order chi connectivity index (χ0) is 26.8. The molecule has 194 valence electrons. The molecule has 3 aromatic rings. The van der Waals surface area contributed by atoms with Gasteiger partial charge in [-0.15, -0.1) is 0 Å². The number of carbonyl (C=O) groups is 2. The van der Waals surface area contributed by atoms with Gasteiger partial charge < -0.3 is 10.1 Å². The smallest absolute Gasteiger partial charge is 0.251 e. The molecule has 6 rings (SSSR count). The number of hydrogen-bond acceptors (Lipinski definition) is 6. The Bertz CT molecular complexity index is 1490. The highest BCUT2D eigenvalue weighted by molar-refractivity contribution is 8.25. The Hall–Kier alpha value is -2.98. The van der Waals surface area contributed by atoms with Crippen molar-refractivity contribution < 1.29 is 18.7 Å². The predicted octanol–water partition coefficient (Wildman–Crippen LogP) is 5.16. The molecule has 3 aliphatic heterocycles. The third-order valence-corrected chi connectivity index (χ3v) is 10.0. The van der Waals surface area contributed by atoms with Crippen LogP contribution >= 0.6 is 35.6 Å². The van der Waals surface area contributed by atoms with Crippen LogP contribution in [0, 0.1) is 5.82 Å². The molecule has 2 saturated heterocycles. The van der Waals surface area contributed by atoms with Crippen LogP contribution in [-0.2, 0) is 21.7 Å². The Morgan fingerprint density at radius 1 is 1.13 bits per heavy atom. The van der Waals surface area contributed by atoms with E-state index < -0.39 is 22.0 Å². The minimum Gasteiger partial charge on any atom is -0.497 e. The molecule has 10 heteroatoms. The summed E-state index contributed by atoms with van der Waals surface area (Å²) in [5.74, 6) is -0.852. The fraction of sp³-hybridized carbons (Fsp3) is 0.250. The maximum Gasteiger partial charge on any atom is 0.251 e. The molecular formula is C28H23ClFN3O3S2. The van der Waals surface area contributed by atoms with E-state index >= 15 is 0 Å². The second-order valence-electron chi connectivity index (χ2n) is 9.68. The molecular weight excluding hydrogens is 545 g/mol. The number of thioether (sulfide) groups is 1. The van der Waals surface area contributed by atoms with Crippen molar-refractivity contribution in [1.29, 1.82) is 0 Å². The summed E-state index contributed by atoms with van der Waals surface area (Å²) in [4.78, 5) is 32.2. The van der Waals surface area contributed by atoms with Gasteiger partial charge in [0.05, 0.1) is 13.7 Å². The van der Waals surface area contributed by atoms with Gasteiger partial charge in [0.25, 0.3) is 5.91 Å². The number of halogens is 2. The summed E-state index contributed by atoms with van der Waals surface area (Å²) < 4.78 is 18.9. The van der Waals surface area contributed by atoms with Crippen LogP contribution in [0.15, 0.2) is 66.7 Å². The first kappa shape index (κ1) is 25.3. The number of fused-ring (bicyclic) bond motifs is 3. The van der Waals surface area contributed by atoms with E-state index in [9.17, 15) is 14.0 Å². The average molecular weight is 568 g/mol. The lowest BCUT2D eigenvalue weighted by Crippen LogP contribution is -2.61. The van der Waals surface area contributed by atoms with E-state index in [1.807, 2.05) is 41.3 Å². The van der Waals surface area contributed by atoms with Crippen molar-refractivity contribution in [3.8, 4) is 5.75 Å². The Balaban J connectivity index is 1.54. The zero-order valence-corrected chi connectivity index (χ0v) is 22.9. The molecule has 6 nitrogen and oxygen atoms in total. The van der Waals surface area contributed by atoms with E-state index in [0.717, 1.165) is 11.1 Å². The zero-order valence-electron chi connectivity index (χ0n) is 20.5. The number of methoxy groups -OCH3 is 1. The summed E-state index contributed by atoms with van der Waals surface area (Å²) in [5, 5.41) is 3.49. The second-order valence-corrected chi connectivity index (χ2v) is 12.0. The van der Waals surface area contributed by atoms with Gasteiger partial charge in [0, 0.05) is 28.7 Å². The maximum absolute atomic E-state index is 14.7. The van der Waals surface area contributed by atoms with Crippen LogP contribution in [0.4, 0.5) is 10.1 Å². The molecule has 2 spiro atoms. The summed E-state index contributed by atoms with van der Waals surface area (Å²) >= 11 is 13.2. The van der Waals surface area contributed by atoms with Crippen LogP contribution in [0.3, 0.4) is 0 Å². The van der Waals surface area contributed by atoms with E-state index in [4.69, 9.17) is 28.6 Å². The lowest BCUT2D eigenvalue weighted by atomic mass is 9.72. The number of amides is 2. The third-order valence-electron chi connectivity index (χ3n) is 7.81. The summed E-state index contributed by atoms with van der Waals surface area (Å²) in [7, 11) is 3.40. The van der Waals surface area contributed by atoms with Gasteiger partial charge in [-0.25, -0.2) is 4.39 Å². The fourth-order valence-electron chi connectivity index (χ4n) is 6.14. The largest absolute Gasteiger partial charge is 0.497 e. The molecule has 2 fully saturated rings. The van der Waals surface area contributed by atoms with Gasteiger partial charge >= 0.3 is 0 Å². The number of likely N-dealkylation sites (tertiary alicyclic amines) is 1. The van der Waals surface area contributed by atoms with E-state index in [1.54, 1.807) is 37.3 Å². The molecule has 1 N–H and O–H groups in total. The predicted molar refractivity (Wildman–Crippen MR) is 150 cm³/mol. The Morgan fingerprint density at radius 3 is 2.53 bits per heavy atom. The molecule has 0 saturated carbocycles. The van der Waals surface area contributed by atoms with Gasteiger partial charge in [0.15, 0.2) is 5.54 Å². The highest BCUT2D eigenvalue weighted by Crippen LogP contribution is 2.66. The maximum atomic E-state index is 14.7. The fourth-order valence-corrected chi connectivity index (χ4v) is 8.39. The Morgan fingerprint density at radius 2 is 1.84 bits per heavy atom. The van der Waals surface area contributed by atoms with Gasteiger partial charge in [-0.2, -0.15) is 0 Å². The molecule has 3 aromatic carbocycles. The molecule has 3 atom stereocenters. The quantitative estimate of drug-likeness (QED) is 0.439. The van der Waals surface area contributed by atoms with Crippen LogP contribution in [-0.4, -0.2) is 51.4 Å². The molecule has 0 radical (unpaired) electrons. The van der Waals surface area contributed by atoms with Crippen molar-refractivity contribution in [2.75, 3.05) is 26.0 Å². The Kier molecular flexibility index (Phi) is 6.03. The minimum absolute atomic E-state index is 0.237. The van der Waals surface area contributed by atoms with Gasteiger partial charge in [-0.1, -0.05) is 59.8 Å². The average Bonchev–Trinajstić information content (AvgIpc) is 3.44. The van der Waals surface area contributed by atoms with Crippen LogP contribution in [0.5, 0.6) is 5.75 Å². The molecule has 0 aromatic heterocycles. The van der Waals surface area contributed by atoms with Crippen LogP contribution in [0.1, 0.15) is 22.6 Å². The molecule has 2 amide bonds. The number of rotatable bonds is 4. The number of nitrogens with zero attached hydrogens (tertiary/aromatic N) is 2. The molecule has 38 heavy (non-hydrogen) atoms. The second kappa shape index (κ2) is 9.05. The van der Waals surface area contributed by atoms with Crippen molar-refractivity contribution in [3.05, 3.63) is 94.3 Å². The number of likely N-dealkylation sites (N-methyl/N-ethyl adjacent to an activating group) is 1. The van der Waals surface area contributed by atoms with Crippen LogP contribution in [0.25, 0.3) is 0 Å². The van der Waals surface area contributed by atoms with Gasteiger partial charge in [0.2, 0.25) is 5.91 Å². The number of thiocarbonyl (C=S) groups is 1. The summed E-state index contributed by atoms with van der Waals surface area (Å²) in [6.07, 6.45) is 0. The number of anilines is 1. The first-order chi connectivity index (χ1) is 18.2. The van der Waals surface area contributed by atoms with E-state index in [0.29, 0.717) is 32.9 Å². The molecule has 3 unspecified atom stereocenters. The number of carbonyl (C=O) groups excluding carboxylic acids is 2. The van der Waals surface area contributed by atoms with E-state index in [1.165, 1.54) is 23.9 Å². The van der Waals surface area contributed by atoms with E-state index in [-0.39, 0.29) is 18.4 Å². The lowest BCUT2D eigenvalue weighted by molar-refractivity contribution is -0.138. The molecule has 0 bridgehead atoms. The number of benzene rings is 3. The van der Waals surface area contributed by atoms with E-state index in [2.05, 4.69) is 5.32 Å². The standard InChI is InChI=1S/C28H23ClFN3O3S2/c1-32-15-22(17-5-7-18(29)8-6-17)28(27(32)21-13-19(30)9-12-23(21)31-24(27)34)25(35)33(26(37)38-28)14-16-3-10-20(36-2)11-4-16/h3-13,22H,14-15H2,1-2H3,(H,31,34). The summed E-state index contributed by atoms with van der Waals surface area (Å²) in [6.45, 7) is 0.615. The van der Waals surface area contributed by atoms with Crippen molar-refractivity contribution in [2.24, 2.45) is 0 Å². The third kappa shape index (κ3) is 3.38. The number of nitrogens with one attached hydrogen (secondary N) is 1. The van der Waals surface area contributed by atoms with Crippen molar-refractivity contribution in [3.63, 3.8) is 0 Å². The van der Waals surface area contributed by atoms with Crippen LogP contribution in [0.2, 0.25) is 5.02 Å². The highest BCUT2D eigenvalue weighted by atomic mass is 35.5. The lowest BCUT2D eigenvalue weighted by Gasteiger charge is -2.41. The van der Waals surface area contributed by atoms with Crippen molar-refractivity contribution in [1.82, 2.24) is 9.80 Å². The molecule has 0 aliphatic carbocycles. The van der Waals surface area contributed by atoms with Crippen molar-refractivity contribution >= 4 is 57.4 Å². The highest BCUT2D eigenvalue weighted by Gasteiger charge is 2.77. The Labute approximate surface area is 234 Å².